The first kappa shape index (κ1) is 12.1. The lowest BCUT2D eigenvalue weighted by Crippen LogP contribution is -2.52. The van der Waals surface area contributed by atoms with E-state index >= 15 is 0 Å². The molecule has 1 aromatic heterocycles. The second kappa shape index (κ2) is 4.85. The average molecular weight is 239 g/mol. The Morgan fingerprint density at radius 3 is 3.00 bits per heavy atom. The number of rotatable bonds is 2. The van der Waals surface area contributed by atoms with E-state index in [9.17, 15) is 9.59 Å². The van der Waals surface area contributed by atoms with E-state index in [2.05, 4.69) is 12.2 Å². The molecule has 1 saturated heterocycles. The number of piperazine rings is 1. The van der Waals surface area contributed by atoms with Gasteiger partial charge in [-0.05, 0) is 13.8 Å². The molecule has 1 aliphatic rings. The largest absolute Gasteiger partial charge is 0.373 e. The molecule has 0 saturated carbocycles. The van der Waals surface area contributed by atoms with Gasteiger partial charge in [0.2, 0.25) is 0 Å². The number of nitrogens with one attached hydrogen (secondary N) is 1. The molecular formula is C11H17N3O3. The van der Waals surface area contributed by atoms with Crippen LogP contribution in [0.1, 0.15) is 17.5 Å². The third-order valence-corrected chi connectivity index (χ3v) is 2.97. The molecule has 6 nitrogen and oxygen atoms in total. The van der Waals surface area contributed by atoms with Crippen LogP contribution in [0.4, 0.5) is 0 Å². The van der Waals surface area contributed by atoms with Crippen molar-refractivity contribution < 1.29 is 9.32 Å². The summed E-state index contributed by atoms with van der Waals surface area (Å²) in [4.78, 5) is 25.4. The summed E-state index contributed by atoms with van der Waals surface area (Å²) in [6.45, 7) is 6.45. The van der Waals surface area contributed by atoms with E-state index in [0.717, 1.165) is 24.4 Å². The van der Waals surface area contributed by atoms with Gasteiger partial charge in [0.1, 0.15) is 5.76 Å². The second-order valence-corrected chi connectivity index (χ2v) is 4.40. The number of aromatic nitrogens is 1. The van der Waals surface area contributed by atoms with Gasteiger partial charge in [0.05, 0.1) is 6.54 Å². The van der Waals surface area contributed by atoms with Crippen LogP contribution in [0.3, 0.4) is 0 Å². The van der Waals surface area contributed by atoms with Crippen LogP contribution in [0.5, 0.6) is 0 Å². The molecule has 2 rings (SSSR count). The maximum Gasteiger partial charge on any atom is 0.290 e. The lowest BCUT2D eigenvalue weighted by atomic mass is 10.2. The summed E-state index contributed by atoms with van der Waals surface area (Å²) >= 11 is 0. The molecule has 17 heavy (non-hydrogen) atoms. The van der Waals surface area contributed by atoms with Crippen LogP contribution in [0.15, 0.2) is 15.4 Å². The minimum atomic E-state index is -0.393. The summed E-state index contributed by atoms with van der Waals surface area (Å²) in [5.74, 6) is 0.147. The Morgan fingerprint density at radius 1 is 1.65 bits per heavy atom. The van der Waals surface area contributed by atoms with E-state index in [4.69, 9.17) is 4.52 Å². The Morgan fingerprint density at radius 2 is 2.41 bits per heavy atom. The van der Waals surface area contributed by atoms with E-state index in [1.54, 1.807) is 6.92 Å². The Kier molecular flexibility index (Phi) is 3.44. The maximum atomic E-state index is 11.9. The smallest absolute Gasteiger partial charge is 0.290 e. The fraction of sp³-hybridized carbons (Fsp3) is 0.636. The van der Waals surface area contributed by atoms with Crippen molar-refractivity contribution in [2.75, 3.05) is 26.2 Å². The summed E-state index contributed by atoms with van der Waals surface area (Å²) < 4.78 is 5.90. The van der Waals surface area contributed by atoms with E-state index < -0.39 is 5.56 Å². The van der Waals surface area contributed by atoms with Crippen LogP contribution in [-0.2, 0) is 0 Å². The summed E-state index contributed by atoms with van der Waals surface area (Å²) in [5, 5.41) is 3.25. The number of aryl methyl sites for hydroxylation is 1. The first-order valence-corrected chi connectivity index (χ1v) is 5.76. The summed E-state index contributed by atoms with van der Waals surface area (Å²) in [7, 11) is 0. The van der Waals surface area contributed by atoms with Crippen molar-refractivity contribution in [3.05, 3.63) is 22.2 Å². The van der Waals surface area contributed by atoms with E-state index in [-0.39, 0.29) is 12.5 Å². The van der Waals surface area contributed by atoms with E-state index in [1.165, 1.54) is 6.07 Å². The fourth-order valence-corrected chi connectivity index (χ4v) is 1.98. The summed E-state index contributed by atoms with van der Waals surface area (Å²) in [6, 6.07) is 1.61. The van der Waals surface area contributed by atoms with Gasteiger partial charge in [-0.3, -0.25) is 14.5 Å². The van der Waals surface area contributed by atoms with Gasteiger partial charge >= 0.3 is 0 Å². The zero-order valence-corrected chi connectivity index (χ0v) is 10.1. The highest BCUT2D eigenvalue weighted by molar-refractivity contribution is 5.79. The molecule has 1 atom stereocenters. The normalized spacial score (nSPS) is 21.6. The van der Waals surface area contributed by atoms with Gasteiger partial charge in [-0.2, -0.15) is 0 Å². The van der Waals surface area contributed by atoms with Gasteiger partial charge < -0.3 is 9.84 Å². The Hall–Kier alpha value is -1.40. The van der Waals surface area contributed by atoms with Crippen LogP contribution in [-0.4, -0.2) is 47.8 Å². The SMILES string of the molecule is Cc1cc(=O)n(C(=O)CN2CCNCC2C)o1. The van der Waals surface area contributed by atoms with Crippen molar-refractivity contribution in [3.63, 3.8) is 0 Å². The van der Waals surface area contributed by atoms with Gasteiger partial charge in [-0.25, -0.2) is 0 Å². The highest BCUT2D eigenvalue weighted by Gasteiger charge is 2.22. The molecule has 0 radical (unpaired) electrons. The average Bonchev–Trinajstić information content (AvgIpc) is 2.61. The monoisotopic (exact) mass is 239 g/mol. The number of nitrogens with zero attached hydrogens (tertiary/aromatic N) is 2. The highest BCUT2D eigenvalue weighted by Crippen LogP contribution is 2.03. The molecule has 1 fully saturated rings. The van der Waals surface area contributed by atoms with Crippen LogP contribution in [0, 0.1) is 6.92 Å². The van der Waals surface area contributed by atoms with Crippen LogP contribution in [0.2, 0.25) is 0 Å². The van der Waals surface area contributed by atoms with Crippen molar-refractivity contribution in [2.45, 2.75) is 19.9 Å². The molecule has 0 aliphatic carbocycles. The second-order valence-electron chi connectivity index (χ2n) is 4.40. The zero-order chi connectivity index (χ0) is 12.4. The first-order chi connectivity index (χ1) is 8.08. The quantitative estimate of drug-likeness (QED) is 0.766. The lowest BCUT2D eigenvalue weighted by Gasteiger charge is -2.32. The molecule has 6 heteroatoms. The van der Waals surface area contributed by atoms with Gasteiger partial charge in [0.25, 0.3) is 11.5 Å². The van der Waals surface area contributed by atoms with Crippen molar-refractivity contribution in [1.29, 1.82) is 0 Å². The molecule has 0 amide bonds. The first-order valence-electron chi connectivity index (χ1n) is 5.76. The molecule has 94 valence electrons. The standard InChI is InChI=1S/C11H17N3O3/c1-8-6-12-3-4-13(8)7-11(16)14-10(15)5-9(2)17-14/h5,8,12H,3-4,6-7H2,1-2H3. The molecule has 1 aromatic rings. The molecule has 0 aromatic carbocycles. The van der Waals surface area contributed by atoms with Crippen molar-refractivity contribution >= 4 is 5.91 Å². The van der Waals surface area contributed by atoms with Crippen molar-refractivity contribution in [2.24, 2.45) is 0 Å². The van der Waals surface area contributed by atoms with Crippen LogP contribution < -0.4 is 10.9 Å². The Balaban J connectivity index is 2.06. The third-order valence-electron chi connectivity index (χ3n) is 2.97. The fourth-order valence-electron chi connectivity index (χ4n) is 1.98. The molecule has 1 aliphatic heterocycles. The predicted molar refractivity (Wildman–Crippen MR) is 62.2 cm³/mol. The van der Waals surface area contributed by atoms with E-state index in [1.807, 2.05) is 4.90 Å². The lowest BCUT2D eigenvalue weighted by molar-refractivity contribution is 0.0663. The molecule has 1 unspecified atom stereocenters. The molecular weight excluding hydrogens is 222 g/mol. The topological polar surface area (TPSA) is 67.5 Å². The van der Waals surface area contributed by atoms with Gasteiger partial charge in [-0.1, -0.05) is 0 Å². The van der Waals surface area contributed by atoms with Gasteiger partial charge in [-0.15, -0.1) is 4.74 Å². The Labute approximate surface area is 99.2 Å². The third kappa shape index (κ3) is 2.65. The summed E-state index contributed by atoms with van der Waals surface area (Å²) in [6.07, 6.45) is 0. The predicted octanol–water partition coefficient (Wildman–Crippen LogP) is -0.316. The number of hydrogen-bond acceptors (Lipinski definition) is 5. The van der Waals surface area contributed by atoms with Crippen molar-refractivity contribution in [3.8, 4) is 0 Å². The maximum absolute atomic E-state index is 11.9. The zero-order valence-electron chi connectivity index (χ0n) is 10.1. The highest BCUT2D eigenvalue weighted by atomic mass is 16.5. The van der Waals surface area contributed by atoms with E-state index in [0.29, 0.717) is 11.8 Å². The number of hydrogen-bond donors (Lipinski definition) is 1. The number of carbonyl (C=O) groups is 1. The Bertz CT molecular complexity index is 463. The van der Waals surface area contributed by atoms with Crippen molar-refractivity contribution in [1.82, 2.24) is 15.0 Å². The summed E-state index contributed by atoms with van der Waals surface area (Å²) in [5.41, 5.74) is -0.393. The number of carbonyl (C=O) groups excluding carboxylic acids is 1. The molecule has 0 bridgehead atoms. The minimum absolute atomic E-state index is 0.218. The van der Waals surface area contributed by atoms with Gasteiger partial charge in [0.15, 0.2) is 0 Å². The van der Waals surface area contributed by atoms with Crippen LogP contribution >= 0.6 is 0 Å². The molecule has 0 spiro atoms. The van der Waals surface area contributed by atoms with Gasteiger partial charge in [0, 0.05) is 31.7 Å². The minimum Gasteiger partial charge on any atom is -0.373 e. The molecule has 1 N–H and O–H groups in total. The van der Waals surface area contributed by atoms with Crippen LogP contribution in [0.25, 0.3) is 0 Å². The molecule has 2 heterocycles.